The van der Waals surface area contributed by atoms with Crippen LogP contribution in [0.5, 0.6) is 11.5 Å². The number of benzene rings is 2. The Hall–Kier alpha value is -3.28. The lowest BCUT2D eigenvalue weighted by atomic mass is 10.1. The molecule has 134 valence electrons. The largest absolute Gasteiger partial charge is 0.508 e. The van der Waals surface area contributed by atoms with Crippen molar-refractivity contribution in [2.75, 3.05) is 6.61 Å². The Labute approximate surface area is 149 Å². The second-order valence-electron chi connectivity index (χ2n) is 5.72. The second-order valence-corrected chi connectivity index (χ2v) is 5.72. The van der Waals surface area contributed by atoms with E-state index in [0.29, 0.717) is 16.7 Å². The van der Waals surface area contributed by atoms with Crippen LogP contribution in [0.1, 0.15) is 18.1 Å². The van der Waals surface area contributed by atoms with Crippen LogP contribution in [0.25, 0.3) is 11.0 Å². The third-order valence-corrected chi connectivity index (χ3v) is 3.87. The van der Waals surface area contributed by atoms with Crippen molar-refractivity contribution < 1.29 is 23.8 Å². The van der Waals surface area contributed by atoms with Crippen molar-refractivity contribution in [1.82, 2.24) is 0 Å². The molecule has 0 bridgehead atoms. The summed E-state index contributed by atoms with van der Waals surface area (Å²) < 4.78 is 15.7. The van der Waals surface area contributed by atoms with E-state index in [1.807, 2.05) is 25.1 Å². The van der Waals surface area contributed by atoms with Crippen LogP contribution in [0.15, 0.2) is 57.7 Å². The monoisotopic (exact) mass is 354 g/mol. The number of ether oxygens (including phenoxy) is 2. The average Bonchev–Trinajstić information content (AvgIpc) is 2.64. The van der Waals surface area contributed by atoms with Gasteiger partial charge >= 0.3 is 11.6 Å². The number of phenolic OH excluding ortho intramolecular Hbond substituents is 1. The summed E-state index contributed by atoms with van der Waals surface area (Å²) in [5.74, 6) is 0.0344. The molecule has 2 aromatic carbocycles. The van der Waals surface area contributed by atoms with E-state index < -0.39 is 11.6 Å². The highest BCUT2D eigenvalue weighted by Gasteiger charge is 2.10. The quantitative estimate of drug-likeness (QED) is 0.540. The number of hydrogen-bond donors (Lipinski definition) is 1. The van der Waals surface area contributed by atoms with Gasteiger partial charge in [-0.2, -0.15) is 0 Å². The zero-order valence-corrected chi connectivity index (χ0v) is 14.2. The normalized spacial score (nSPS) is 10.7. The van der Waals surface area contributed by atoms with Crippen molar-refractivity contribution in [2.45, 2.75) is 20.0 Å². The summed E-state index contributed by atoms with van der Waals surface area (Å²) in [6.07, 6.45) is 0.876. The predicted octanol–water partition coefficient (Wildman–Crippen LogP) is 3.18. The first kappa shape index (κ1) is 17.5. The number of esters is 1. The minimum Gasteiger partial charge on any atom is -0.508 e. The lowest BCUT2D eigenvalue weighted by Gasteiger charge is -2.09. The Morgan fingerprint density at radius 1 is 1.15 bits per heavy atom. The van der Waals surface area contributed by atoms with E-state index in [2.05, 4.69) is 0 Å². The fraction of sp³-hybridized carbons (Fsp3) is 0.200. The van der Waals surface area contributed by atoms with Crippen molar-refractivity contribution in [3.8, 4) is 11.5 Å². The van der Waals surface area contributed by atoms with Crippen molar-refractivity contribution in [1.29, 1.82) is 0 Å². The number of rotatable bonds is 6. The van der Waals surface area contributed by atoms with Gasteiger partial charge in [0.1, 0.15) is 23.7 Å². The number of carbonyl (C=O) groups excluding carboxylic acids is 1. The number of carbonyl (C=O) groups is 1. The lowest BCUT2D eigenvalue weighted by molar-refractivity contribution is -0.147. The molecule has 0 amide bonds. The Morgan fingerprint density at radius 3 is 2.81 bits per heavy atom. The number of phenols is 1. The van der Waals surface area contributed by atoms with Gasteiger partial charge in [0.05, 0.1) is 0 Å². The maximum atomic E-state index is 11.9. The molecule has 0 aliphatic rings. The van der Waals surface area contributed by atoms with E-state index >= 15 is 0 Å². The molecule has 0 aliphatic carbocycles. The molecule has 0 unspecified atom stereocenters. The van der Waals surface area contributed by atoms with Crippen LogP contribution in [0.3, 0.4) is 0 Å². The van der Waals surface area contributed by atoms with Gasteiger partial charge in [0.25, 0.3) is 0 Å². The summed E-state index contributed by atoms with van der Waals surface area (Å²) in [5.41, 5.74) is 1.26. The molecule has 1 N–H and O–H groups in total. The van der Waals surface area contributed by atoms with Gasteiger partial charge in [-0.25, -0.2) is 9.59 Å². The van der Waals surface area contributed by atoms with E-state index in [4.69, 9.17) is 13.9 Å². The molecule has 1 heterocycles. The van der Waals surface area contributed by atoms with Crippen molar-refractivity contribution >= 4 is 16.9 Å². The lowest BCUT2D eigenvalue weighted by Crippen LogP contribution is -2.15. The van der Waals surface area contributed by atoms with Crippen LogP contribution in [-0.2, 0) is 22.6 Å². The second kappa shape index (κ2) is 7.74. The molecule has 1 aromatic heterocycles. The fourth-order valence-corrected chi connectivity index (χ4v) is 2.54. The highest BCUT2D eigenvalue weighted by atomic mass is 16.6. The van der Waals surface area contributed by atoms with Gasteiger partial charge in [-0.15, -0.1) is 0 Å². The molecule has 0 radical (unpaired) electrons. The first-order valence-corrected chi connectivity index (χ1v) is 8.18. The van der Waals surface area contributed by atoms with Crippen LogP contribution in [0.2, 0.25) is 0 Å². The van der Waals surface area contributed by atoms with E-state index in [1.54, 1.807) is 12.1 Å². The summed E-state index contributed by atoms with van der Waals surface area (Å²) in [6, 6.07) is 13.2. The molecule has 6 heteroatoms. The van der Waals surface area contributed by atoms with E-state index in [-0.39, 0.29) is 24.5 Å². The topological polar surface area (TPSA) is 86.0 Å². The SMILES string of the molecule is CCc1cccc(OCC(=O)OCc2cc(=O)oc3cc(O)ccc23)c1. The van der Waals surface area contributed by atoms with Crippen LogP contribution in [-0.4, -0.2) is 17.7 Å². The molecule has 0 fully saturated rings. The summed E-state index contributed by atoms with van der Waals surface area (Å²) in [6.45, 7) is 1.71. The Morgan fingerprint density at radius 2 is 2.00 bits per heavy atom. The van der Waals surface area contributed by atoms with Gasteiger partial charge in [0.2, 0.25) is 0 Å². The van der Waals surface area contributed by atoms with E-state index in [0.717, 1.165) is 12.0 Å². The third-order valence-electron chi connectivity index (χ3n) is 3.87. The van der Waals surface area contributed by atoms with Crippen molar-refractivity contribution in [3.63, 3.8) is 0 Å². The Balaban J connectivity index is 1.64. The summed E-state index contributed by atoms with van der Waals surface area (Å²) >= 11 is 0. The Bertz CT molecular complexity index is 989. The zero-order valence-electron chi connectivity index (χ0n) is 14.2. The number of aromatic hydroxyl groups is 1. The maximum Gasteiger partial charge on any atom is 0.344 e. The van der Waals surface area contributed by atoms with Crippen LogP contribution in [0.4, 0.5) is 0 Å². The standard InChI is InChI=1S/C20H18O6/c1-2-13-4-3-5-16(8-13)24-12-20(23)25-11-14-9-19(22)26-18-10-15(21)6-7-17(14)18/h3-10,21H,2,11-12H2,1H3. The van der Waals surface area contributed by atoms with E-state index in [1.165, 1.54) is 18.2 Å². The average molecular weight is 354 g/mol. The fourth-order valence-electron chi connectivity index (χ4n) is 2.54. The number of aryl methyl sites for hydroxylation is 1. The number of fused-ring (bicyclic) bond motifs is 1. The van der Waals surface area contributed by atoms with E-state index in [9.17, 15) is 14.7 Å². The molecular formula is C20H18O6. The zero-order chi connectivity index (χ0) is 18.5. The highest BCUT2D eigenvalue weighted by Crippen LogP contribution is 2.22. The highest BCUT2D eigenvalue weighted by molar-refractivity contribution is 5.81. The summed E-state index contributed by atoms with van der Waals surface area (Å²) in [4.78, 5) is 23.5. The van der Waals surface area contributed by atoms with Gasteiger partial charge in [0.15, 0.2) is 6.61 Å². The molecular weight excluding hydrogens is 336 g/mol. The summed E-state index contributed by atoms with van der Waals surface area (Å²) in [7, 11) is 0. The van der Waals surface area contributed by atoms with Gasteiger partial charge in [-0.1, -0.05) is 19.1 Å². The van der Waals surface area contributed by atoms with Crippen LogP contribution < -0.4 is 10.4 Å². The first-order valence-electron chi connectivity index (χ1n) is 8.18. The molecule has 0 spiro atoms. The molecule has 26 heavy (non-hydrogen) atoms. The predicted molar refractivity (Wildman–Crippen MR) is 95.3 cm³/mol. The van der Waals surface area contributed by atoms with Gasteiger partial charge in [-0.3, -0.25) is 0 Å². The molecule has 0 aliphatic heterocycles. The first-order chi connectivity index (χ1) is 12.5. The van der Waals surface area contributed by atoms with Crippen molar-refractivity contribution in [3.05, 3.63) is 70.1 Å². The number of hydrogen-bond acceptors (Lipinski definition) is 6. The maximum absolute atomic E-state index is 11.9. The molecule has 0 atom stereocenters. The molecule has 0 saturated heterocycles. The van der Waals surface area contributed by atoms with Crippen LogP contribution in [0, 0.1) is 0 Å². The molecule has 6 nitrogen and oxygen atoms in total. The van der Waals surface area contributed by atoms with Gasteiger partial charge in [-0.05, 0) is 36.2 Å². The molecule has 3 rings (SSSR count). The summed E-state index contributed by atoms with van der Waals surface area (Å²) in [5, 5.41) is 10.1. The van der Waals surface area contributed by atoms with Gasteiger partial charge in [0, 0.05) is 23.1 Å². The smallest absolute Gasteiger partial charge is 0.344 e. The Kier molecular flexibility index (Phi) is 5.22. The minimum atomic E-state index is -0.582. The van der Waals surface area contributed by atoms with Crippen LogP contribution >= 0.6 is 0 Å². The third kappa shape index (κ3) is 4.22. The minimum absolute atomic E-state index is 0.0162. The van der Waals surface area contributed by atoms with Crippen molar-refractivity contribution in [2.24, 2.45) is 0 Å². The molecule has 3 aromatic rings. The molecule has 0 saturated carbocycles. The van der Waals surface area contributed by atoms with Gasteiger partial charge < -0.3 is 19.0 Å².